The van der Waals surface area contributed by atoms with Gasteiger partial charge in [0.1, 0.15) is 5.82 Å². The van der Waals surface area contributed by atoms with Crippen molar-refractivity contribution in [3.8, 4) is 0 Å². The number of aromatic nitrogens is 1. The van der Waals surface area contributed by atoms with Gasteiger partial charge >= 0.3 is 6.18 Å². The van der Waals surface area contributed by atoms with E-state index in [1.54, 1.807) is 13.0 Å². The predicted octanol–water partition coefficient (Wildman–Crippen LogP) is 5.34. The maximum absolute atomic E-state index is 13.3. The minimum Gasteiger partial charge on any atom is -0.361 e. The molecule has 1 aromatic heterocycles. The number of rotatable bonds is 4. The first-order valence-electron chi connectivity index (χ1n) is 9.48. The van der Waals surface area contributed by atoms with Crippen molar-refractivity contribution >= 4 is 32.6 Å². The molecular formula is C21H19F4N3OS. The predicted molar refractivity (Wildman–Crippen MR) is 108 cm³/mol. The fraction of sp³-hybridized carbons (Fsp3) is 0.333. The molecule has 1 amide bonds. The van der Waals surface area contributed by atoms with Crippen molar-refractivity contribution in [1.82, 2.24) is 9.88 Å². The minimum atomic E-state index is -4.58. The quantitative estimate of drug-likeness (QED) is 0.561. The number of hydrogen-bond donors (Lipinski definition) is 1. The van der Waals surface area contributed by atoms with E-state index < -0.39 is 17.6 Å². The number of anilines is 1. The van der Waals surface area contributed by atoms with Gasteiger partial charge in [-0.1, -0.05) is 23.0 Å². The molecule has 0 spiro atoms. The molecule has 1 N–H and O–H groups in total. The molecule has 0 aliphatic carbocycles. The summed E-state index contributed by atoms with van der Waals surface area (Å²) in [5, 5.41) is 3.86. The third kappa shape index (κ3) is 4.26. The Labute approximate surface area is 174 Å². The lowest BCUT2D eigenvalue weighted by atomic mass is 10.0. The molecule has 0 bridgehead atoms. The topological polar surface area (TPSA) is 45.2 Å². The first kappa shape index (κ1) is 20.6. The normalized spacial score (nSPS) is 17.0. The summed E-state index contributed by atoms with van der Waals surface area (Å²) in [4.78, 5) is 18.7. The van der Waals surface area contributed by atoms with Crippen molar-refractivity contribution in [2.75, 3.05) is 25.0 Å². The van der Waals surface area contributed by atoms with Gasteiger partial charge in [-0.2, -0.15) is 13.2 Å². The van der Waals surface area contributed by atoms with Crippen LogP contribution in [0, 0.1) is 18.7 Å². The SMILES string of the molecule is Cc1ccc(C(F)(F)F)c(C(=O)N2CCC(CNc3nc4ccc(F)cc4s3)C2)c1. The van der Waals surface area contributed by atoms with Gasteiger partial charge in [-0.25, -0.2) is 9.37 Å². The number of hydrogen-bond acceptors (Lipinski definition) is 4. The highest BCUT2D eigenvalue weighted by molar-refractivity contribution is 7.22. The smallest absolute Gasteiger partial charge is 0.361 e. The molecule has 30 heavy (non-hydrogen) atoms. The van der Waals surface area contributed by atoms with Crippen molar-refractivity contribution in [1.29, 1.82) is 0 Å². The number of likely N-dealkylation sites (tertiary alicyclic amines) is 1. The zero-order valence-corrected chi connectivity index (χ0v) is 16.9. The van der Waals surface area contributed by atoms with E-state index in [1.165, 1.54) is 40.5 Å². The molecule has 2 heterocycles. The molecule has 4 rings (SSSR count). The molecule has 0 radical (unpaired) electrons. The average Bonchev–Trinajstić information content (AvgIpc) is 3.31. The van der Waals surface area contributed by atoms with Crippen LogP contribution in [0.5, 0.6) is 0 Å². The lowest BCUT2D eigenvalue weighted by Crippen LogP contribution is -2.31. The number of nitrogens with zero attached hydrogens (tertiary/aromatic N) is 2. The van der Waals surface area contributed by atoms with Crippen LogP contribution >= 0.6 is 11.3 Å². The second-order valence-electron chi connectivity index (χ2n) is 7.46. The summed E-state index contributed by atoms with van der Waals surface area (Å²) in [6.45, 7) is 2.97. The third-order valence-corrected chi connectivity index (χ3v) is 6.15. The zero-order chi connectivity index (χ0) is 21.5. The van der Waals surface area contributed by atoms with E-state index in [4.69, 9.17) is 0 Å². The molecule has 4 nitrogen and oxygen atoms in total. The molecule has 1 aliphatic rings. The van der Waals surface area contributed by atoms with Crippen LogP contribution in [0.3, 0.4) is 0 Å². The number of halogens is 4. The van der Waals surface area contributed by atoms with Crippen LogP contribution in [0.2, 0.25) is 0 Å². The highest BCUT2D eigenvalue weighted by atomic mass is 32.1. The number of carbonyl (C=O) groups excluding carboxylic acids is 1. The Kier molecular flexibility index (Phi) is 5.40. The number of aryl methyl sites for hydroxylation is 1. The Hall–Kier alpha value is -2.68. The Morgan fingerprint density at radius 3 is 2.83 bits per heavy atom. The van der Waals surface area contributed by atoms with Crippen LogP contribution in [-0.2, 0) is 6.18 Å². The Balaban J connectivity index is 1.42. The van der Waals surface area contributed by atoms with Gasteiger partial charge in [0.05, 0.1) is 21.3 Å². The van der Waals surface area contributed by atoms with Crippen LogP contribution in [0.15, 0.2) is 36.4 Å². The Morgan fingerprint density at radius 1 is 1.27 bits per heavy atom. The fourth-order valence-corrected chi connectivity index (χ4v) is 4.54. The first-order chi connectivity index (χ1) is 14.2. The summed E-state index contributed by atoms with van der Waals surface area (Å²) >= 11 is 1.34. The Bertz CT molecular complexity index is 1100. The second-order valence-corrected chi connectivity index (χ2v) is 8.50. The fourth-order valence-electron chi connectivity index (χ4n) is 3.64. The molecule has 1 fully saturated rings. The lowest BCUT2D eigenvalue weighted by molar-refractivity contribution is -0.138. The van der Waals surface area contributed by atoms with Crippen LogP contribution < -0.4 is 5.32 Å². The van der Waals surface area contributed by atoms with E-state index in [0.29, 0.717) is 42.3 Å². The molecular weight excluding hydrogens is 418 g/mol. The molecule has 0 saturated carbocycles. The maximum Gasteiger partial charge on any atom is 0.417 e. The average molecular weight is 437 g/mol. The van der Waals surface area contributed by atoms with Crippen molar-refractivity contribution in [3.63, 3.8) is 0 Å². The van der Waals surface area contributed by atoms with Gasteiger partial charge in [0.2, 0.25) is 0 Å². The second kappa shape index (κ2) is 7.86. The number of thiazole rings is 1. The van der Waals surface area contributed by atoms with Crippen molar-refractivity contribution in [3.05, 3.63) is 58.9 Å². The lowest BCUT2D eigenvalue weighted by Gasteiger charge is -2.20. The van der Waals surface area contributed by atoms with Crippen molar-refractivity contribution < 1.29 is 22.4 Å². The molecule has 1 unspecified atom stereocenters. The minimum absolute atomic E-state index is 0.0943. The molecule has 1 atom stereocenters. The zero-order valence-electron chi connectivity index (χ0n) is 16.1. The van der Waals surface area contributed by atoms with Crippen molar-refractivity contribution in [2.45, 2.75) is 19.5 Å². The third-order valence-electron chi connectivity index (χ3n) is 5.18. The maximum atomic E-state index is 13.3. The summed E-state index contributed by atoms with van der Waals surface area (Å²) in [7, 11) is 0. The van der Waals surface area contributed by atoms with E-state index in [0.717, 1.165) is 10.8 Å². The van der Waals surface area contributed by atoms with E-state index in [9.17, 15) is 22.4 Å². The highest BCUT2D eigenvalue weighted by Crippen LogP contribution is 2.34. The summed E-state index contributed by atoms with van der Waals surface area (Å²) in [6, 6.07) is 8.02. The number of benzene rings is 2. The van der Waals surface area contributed by atoms with Crippen LogP contribution in [-0.4, -0.2) is 35.4 Å². The molecule has 1 saturated heterocycles. The van der Waals surface area contributed by atoms with Gasteiger partial charge in [-0.3, -0.25) is 4.79 Å². The number of carbonyl (C=O) groups is 1. The summed E-state index contributed by atoms with van der Waals surface area (Å²) in [5.74, 6) is -0.821. The van der Waals surface area contributed by atoms with Gasteiger partial charge in [-0.05, 0) is 49.6 Å². The molecule has 1 aliphatic heterocycles. The van der Waals surface area contributed by atoms with Gasteiger partial charge in [0.25, 0.3) is 5.91 Å². The standard InChI is InChI=1S/C21H19F4N3OS/c1-12-2-4-16(21(23,24)25)15(8-12)19(29)28-7-6-13(11-28)10-26-20-27-17-5-3-14(22)9-18(17)30-20/h2-5,8-9,13H,6-7,10-11H2,1H3,(H,26,27). The monoisotopic (exact) mass is 437 g/mol. The van der Waals surface area contributed by atoms with Gasteiger partial charge in [0.15, 0.2) is 5.13 Å². The summed E-state index contributed by atoms with van der Waals surface area (Å²) < 4.78 is 54.0. The Morgan fingerprint density at radius 2 is 2.07 bits per heavy atom. The molecule has 3 aromatic rings. The molecule has 9 heteroatoms. The number of amides is 1. The van der Waals surface area contributed by atoms with E-state index in [2.05, 4.69) is 10.3 Å². The molecule has 158 valence electrons. The van der Waals surface area contributed by atoms with Crippen LogP contribution in [0.25, 0.3) is 10.2 Å². The van der Waals surface area contributed by atoms with Crippen LogP contribution in [0.1, 0.15) is 27.9 Å². The first-order valence-corrected chi connectivity index (χ1v) is 10.3. The number of fused-ring (bicyclic) bond motifs is 1. The largest absolute Gasteiger partial charge is 0.417 e. The van der Waals surface area contributed by atoms with Gasteiger partial charge in [-0.15, -0.1) is 0 Å². The van der Waals surface area contributed by atoms with E-state index in [1.807, 2.05) is 0 Å². The van der Waals surface area contributed by atoms with E-state index in [-0.39, 0.29) is 17.3 Å². The van der Waals surface area contributed by atoms with Crippen molar-refractivity contribution in [2.24, 2.45) is 5.92 Å². The number of nitrogens with one attached hydrogen (secondary N) is 1. The number of alkyl halides is 3. The van der Waals surface area contributed by atoms with Gasteiger partial charge in [0, 0.05) is 19.6 Å². The van der Waals surface area contributed by atoms with Crippen LogP contribution in [0.4, 0.5) is 22.7 Å². The van der Waals surface area contributed by atoms with Gasteiger partial charge < -0.3 is 10.2 Å². The van der Waals surface area contributed by atoms with E-state index >= 15 is 0 Å². The molecule has 2 aromatic carbocycles. The summed E-state index contributed by atoms with van der Waals surface area (Å²) in [6.07, 6.45) is -3.89. The summed E-state index contributed by atoms with van der Waals surface area (Å²) in [5.41, 5.74) is 0.105. The highest BCUT2D eigenvalue weighted by Gasteiger charge is 2.37.